The fourth-order valence-electron chi connectivity index (χ4n) is 2.25. The number of methoxy groups -OCH3 is 1. The van der Waals surface area contributed by atoms with Gasteiger partial charge in [-0.3, -0.25) is 4.79 Å². The van der Waals surface area contributed by atoms with Crippen LogP contribution < -0.4 is 10.1 Å². The third kappa shape index (κ3) is 4.50. The number of aryl methyl sites for hydroxylation is 1. The van der Waals surface area contributed by atoms with Gasteiger partial charge in [0, 0.05) is 31.4 Å². The van der Waals surface area contributed by atoms with E-state index in [0.29, 0.717) is 11.4 Å². The smallest absolute Gasteiger partial charge is 0.248 e. The summed E-state index contributed by atoms with van der Waals surface area (Å²) < 4.78 is 30.9. The Balaban J connectivity index is 2.23. The van der Waals surface area contributed by atoms with Crippen LogP contribution in [0.1, 0.15) is 11.1 Å². The molecule has 0 aromatic heterocycles. The van der Waals surface area contributed by atoms with Crippen LogP contribution in [-0.2, 0) is 14.8 Å². The first-order chi connectivity index (χ1) is 12.3. The fraction of sp³-hybridized carbons (Fsp3) is 0.211. The number of sulfonamides is 1. The van der Waals surface area contributed by atoms with Gasteiger partial charge < -0.3 is 10.1 Å². The first kappa shape index (κ1) is 19.7. The molecule has 6 nitrogen and oxygen atoms in total. The van der Waals surface area contributed by atoms with E-state index in [9.17, 15) is 13.2 Å². The third-order valence-corrected chi connectivity index (χ3v) is 5.61. The number of hydrogen-bond acceptors (Lipinski definition) is 4. The highest BCUT2D eigenvalue weighted by Gasteiger charge is 2.18. The molecule has 138 valence electrons. The highest BCUT2D eigenvalue weighted by atomic mass is 32.2. The fourth-order valence-corrected chi connectivity index (χ4v) is 3.18. The van der Waals surface area contributed by atoms with Crippen molar-refractivity contribution in [3.8, 4) is 5.75 Å². The van der Waals surface area contributed by atoms with Gasteiger partial charge in [-0.25, -0.2) is 12.7 Å². The first-order valence-electron chi connectivity index (χ1n) is 7.91. The molecule has 0 radical (unpaired) electrons. The highest BCUT2D eigenvalue weighted by molar-refractivity contribution is 7.89. The molecule has 2 rings (SSSR count). The molecule has 2 aromatic carbocycles. The molecule has 0 bridgehead atoms. The minimum absolute atomic E-state index is 0.122. The average molecular weight is 374 g/mol. The van der Waals surface area contributed by atoms with Crippen molar-refractivity contribution in [2.75, 3.05) is 26.5 Å². The molecule has 0 aliphatic carbocycles. The van der Waals surface area contributed by atoms with Crippen LogP contribution in [0.5, 0.6) is 5.75 Å². The molecule has 0 saturated heterocycles. The van der Waals surface area contributed by atoms with Crippen LogP contribution in [0.3, 0.4) is 0 Å². The Morgan fingerprint density at radius 3 is 2.50 bits per heavy atom. The van der Waals surface area contributed by atoms with E-state index in [-0.39, 0.29) is 10.8 Å². The Labute approximate surface area is 154 Å². The van der Waals surface area contributed by atoms with E-state index in [1.807, 2.05) is 18.2 Å². The second kappa shape index (κ2) is 8.16. The topological polar surface area (TPSA) is 75.7 Å². The molecule has 2 aromatic rings. The van der Waals surface area contributed by atoms with Gasteiger partial charge in [0.25, 0.3) is 0 Å². The summed E-state index contributed by atoms with van der Waals surface area (Å²) in [4.78, 5) is 12.4. The molecule has 0 saturated carbocycles. The lowest BCUT2D eigenvalue weighted by Gasteiger charge is -2.14. The van der Waals surface area contributed by atoms with E-state index in [0.717, 1.165) is 15.4 Å². The third-order valence-electron chi connectivity index (χ3n) is 3.80. The number of nitrogens with one attached hydrogen (secondary N) is 1. The molecule has 0 unspecified atom stereocenters. The van der Waals surface area contributed by atoms with E-state index >= 15 is 0 Å². The number of rotatable bonds is 6. The quantitative estimate of drug-likeness (QED) is 0.789. The summed E-state index contributed by atoms with van der Waals surface area (Å²) in [5.41, 5.74) is 1.98. The van der Waals surface area contributed by atoms with Crippen molar-refractivity contribution in [2.45, 2.75) is 11.8 Å². The molecule has 1 N–H and O–H groups in total. The van der Waals surface area contributed by atoms with E-state index < -0.39 is 10.0 Å². The molecule has 1 amide bonds. The average Bonchev–Trinajstić information content (AvgIpc) is 2.61. The van der Waals surface area contributed by atoms with Crippen molar-refractivity contribution >= 4 is 27.7 Å². The normalized spacial score (nSPS) is 11.7. The van der Waals surface area contributed by atoms with Crippen molar-refractivity contribution < 1.29 is 17.9 Å². The van der Waals surface area contributed by atoms with Gasteiger partial charge in [0.1, 0.15) is 5.75 Å². The summed E-state index contributed by atoms with van der Waals surface area (Å²) in [6.07, 6.45) is 3.02. The van der Waals surface area contributed by atoms with Gasteiger partial charge in [0.2, 0.25) is 15.9 Å². The summed E-state index contributed by atoms with van der Waals surface area (Å²) in [5, 5.41) is 2.72. The molecule has 0 aliphatic rings. The monoisotopic (exact) mass is 374 g/mol. The van der Waals surface area contributed by atoms with Gasteiger partial charge in [-0.15, -0.1) is 0 Å². The number of anilines is 1. The van der Waals surface area contributed by atoms with Crippen molar-refractivity contribution in [1.82, 2.24) is 4.31 Å². The highest BCUT2D eigenvalue weighted by Crippen LogP contribution is 2.22. The van der Waals surface area contributed by atoms with Crippen LogP contribution in [0.4, 0.5) is 5.69 Å². The molecule has 0 aliphatic heterocycles. The largest absolute Gasteiger partial charge is 0.496 e. The summed E-state index contributed by atoms with van der Waals surface area (Å²) >= 11 is 0. The number of ether oxygens (including phenoxy) is 1. The molecule has 26 heavy (non-hydrogen) atoms. The molecule has 0 atom stereocenters. The maximum Gasteiger partial charge on any atom is 0.248 e. The SMILES string of the molecule is COc1ccccc1/C=C/C(=O)Nc1cc(S(=O)(=O)N(C)C)ccc1C. The van der Waals surface area contributed by atoms with Gasteiger partial charge in [-0.2, -0.15) is 0 Å². The summed E-state index contributed by atoms with van der Waals surface area (Å²) in [5.74, 6) is 0.296. The number of carbonyl (C=O) groups excluding carboxylic acids is 1. The van der Waals surface area contributed by atoms with Gasteiger partial charge in [-0.05, 0) is 36.8 Å². The van der Waals surface area contributed by atoms with E-state index in [1.165, 1.54) is 32.3 Å². The van der Waals surface area contributed by atoms with Crippen molar-refractivity contribution in [1.29, 1.82) is 0 Å². The number of benzene rings is 2. The zero-order valence-corrected chi connectivity index (χ0v) is 16.0. The van der Waals surface area contributed by atoms with Crippen molar-refractivity contribution in [3.05, 3.63) is 59.7 Å². The Hall–Kier alpha value is -2.64. The van der Waals surface area contributed by atoms with Crippen LogP contribution in [0.15, 0.2) is 53.4 Å². The Kier molecular flexibility index (Phi) is 6.18. The van der Waals surface area contributed by atoms with Crippen LogP contribution in [0.2, 0.25) is 0 Å². The lowest BCUT2D eigenvalue weighted by atomic mass is 10.1. The Morgan fingerprint density at radius 2 is 1.85 bits per heavy atom. The number of amides is 1. The summed E-state index contributed by atoms with van der Waals surface area (Å²) in [7, 11) is 0.917. The second-order valence-electron chi connectivity index (χ2n) is 5.83. The minimum atomic E-state index is -3.57. The lowest BCUT2D eigenvalue weighted by Crippen LogP contribution is -2.22. The molecule has 0 spiro atoms. The maximum absolute atomic E-state index is 12.2. The lowest BCUT2D eigenvalue weighted by molar-refractivity contribution is -0.111. The summed E-state index contributed by atoms with van der Waals surface area (Å²) in [6.45, 7) is 1.80. The van der Waals surface area contributed by atoms with Gasteiger partial charge in [0.15, 0.2) is 0 Å². The van der Waals surface area contributed by atoms with Gasteiger partial charge in [-0.1, -0.05) is 24.3 Å². The zero-order chi connectivity index (χ0) is 19.3. The maximum atomic E-state index is 12.2. The number of para-hydroxylation sites is 1. The number of carbonyl (C=O) groups is 1. The Bertz CT molecular complexity index is 934. The van der Waals surface area contributed by atoms with Crippen LogP contribution in [0.25, 0.3) is 6.08 Å². The first-order valence-corrected chi connectivity index (χ1v) is 9.35. The van der Waals surface area contributed by atoms with Gasteiger partial charge in [0.05, 0.1) is 12.0 Å². The van der Waals surface area contributed by atoms with Crippen LogP contribution >= 0.6 is 0 Å². The van der Waals surface area contributed by atoms with Crippen molar-refractivity contribution in [2.24, 2.45) is 0 Å². The predicted octanol–water partition coefficient (Wildman–Crippen LogP) is 2.91. The molecule has 7 heteroatoms. The van der Waals surface area contributed by atoms with E-state index in [4.69, 9.17) is 4.74 Å². The van der Waals surface area contributed by atoms with Crippen LogP contribution in [0, 0.1) is 6.92 Å². The predicted molar refractivity (Wildman–Crippen MR) is 103 cm³/mol. The number of nitrogens with zero attached hydrogens (tertiary/aromatic N) is 1. The molecule has 0 heterocycles. The second-order valence-corrected chi connectivity index (χ2v) is 7.98. The zero-order valence-electron chi connectivity index (χ0n) is 15.2. The van der Waals surface area contributed by atoms with Gasteiger partial charge >= 0.3 is 0 Å². The van der Waals surface area contributed by atoms with E-state index in [2.05, 4.69) is 5.32 Å². The number of hydrogen-bond donors (Lipinski definition) is 1. The molecule has 0 fully saturated rings. The Morgan fingerprint density at radius 1 is 1.15 bits per heavy atom. The molecular weight excluding hydrogens is 352 g/mol. The van der Waals surface area contributed by atoms with Crippen molar-refractivity contribution in [3.63, 3.8) is 0 Å². The van der Waals surface area contributed by atoms with E-state index in [1.54, 1.807) is 32.2 Å². The standard InChI is InChI=1S/C19H22N2O4S/c1-14-9-11-16(26(23,24)21(2)3)13-17(14)20-19(22)12-10-15-7-5-6-8-18(15)25-4/h5-13H,1-4H3,(H,20,22)/b12-10+. The molecular formula is C19H22N2O4S. The minimum Gasteiger partial charge on any atom is -0.496 e. The van der Waals surface area contributed by atoms with Crippen LogP contribution in [-0.4, -0.2) is 39.8 Å². The summed E-state index contributed by atoms with van der Waals surface area (Å²) in [6, 6.07) is 12.0.